The molecule has 2 aromatic carbocycles. The molecule has 6 rings (SSSR count). The number of carbonyl (C=O) groups is 1. The third-order valence-corrected chi connectivity index (χ3v) is 5.96. The third kappa shape index (κ3) is 3.72. The van der Waals surface area contributed by atoms with Gasteiger partial charge in [0, 0.05) is 53.0 Å². The molecule has 0 saturated carbocycles. The normalized spacial score (nSPS) is 13.8. The van der Waals surface area contributed by atoms with Crippen LogP contribution in [0.25, 0.3) is 21.8 Å². The lowest BCUT2D eigenvalue weighted by Crippen LogP contribution is -2.45. The van der Waals surface area contributed by atoms with E-state index >= 15 is 0 Å². The fourth-order valence-electron chi connectivity index (χ4n) is 4.37. The highest BCUT2D eigenvalue weighted by Gasteiger charge is 2.34. The minimum Gasteiger partial charge on any atom is -0.472 e. The number of hydrogen-bond donors (Lipinski definition) is 1. The van der Waals surface area contributed by atoms with E-state index in [9.17, 15) is 13.6 Å². The largest absolute Gasteiger partial charge is 0.472 e. The fourth-order valence-corrected chi connectivity index (χ4v) is 4.37. The van der Waals surface area contributed by atoms with Gasteiger partial charge in [-0.2, -0.15) is 10.1 Å². The summed E-state index contributed by atoms with van der Waals surface area (Å²) >= 11 is 0. The van der Waals surface area contributed by atoms with Crippen LogP contribution in [0.3, 0.4) is 0 Å². The van der Waals surface area contributed by atoms with Crippen molar-refractivity contribution in [2.75, 3.05) is 16.4 Å². The Kier molecular flexibility index (Phi) is 4.87. The topological polar surface area (TPSA) is 79.3 Å². The van der Waals surface area contributed by atoms with E-state index in [1.54, 1.807) is 21.7 Å². The minimum atomic E-state index is -2.63. The lowest BCUT2D eigenvalue weighted by Gasteiger charge is -2.36. The first kappa shape index (κ1) is 21.1. The van der Waals surface area contributed by atoms with E-state index in [-0.39, 0.29) is 18.5 Å². The molecule has 4 heterocycles. The first-order valence-electron chi connectivity index (χ1n) is 11.0. The second kappa shape index (κ2) is 8.08. The maximum absolute atomic E-state index is 13.9. The molecule has 0 radical (unpaired) electrons. The van der Waals surface area contributed by atoms with E-state index in [1.165, 1.54) is 4.90 Å². The first-order chi connectivity index (χ1) is 17.0. The van der Waals surface area contributed by atoms with Gasteiger partial charge in [-0.3, -0.25) is 9.58 Å². The molecule has 1 N–H and O–H groups in total. The second-order valence-electron chi connectivity index (χ2n) is 8.33. The van der Waals surface area contributed by atoms with Gasteiger partial charge >= 0.3 is 6.03 Å². The number of ether oxygens (including phenoxy) is 1. The Hall–Kier alpha value is -4.47. The van der Waals surface area contributed by atoms with Crippen LogP contribution in [0.5, 0.6) is 5.88 Å². The van der Waals surface area contributed by atoms with Gasteiger partial charge in [0.2, 0.25) is 5.88 Å². The summed E-state index contributed by atoms with van der Waals surface area (Å²) < 4.78 is 32.3. The second-order valence-corrected chi connectivity index (χ2v) is 8.33. The number of H-pyrrole nitrogens is 1. The van der Waals surface area contributed by atoms with Crippen LogP contribution in [0.15, 0.2) is 67.0 Å². The number of hydrogen-bond acceptors (Lipinski definition) is 4. The molecule has 1 aliphatic heterocycles. The van der Waals surface area contributed by atoms with Gasteiger partial charge in [-0.25, -0.2) is 18.5 Å². The van der Waals surface area contributed by atoms with Crippen LogP contribution in [-0.2, 0) is 13.6 Å². The molecule has 1 aliphatic rings. The van der Waals surface area contributed by atoms with Crippen LogP contribution in [0.2, 0.25) is 0 Å². The van der Waals surface area contributed by atoms with Crippen LogP contribution >= 0.6 is 0 Å². The van der Waals surface area contributed by atoms with Gasteiger partial charge in [0.25, 0.3) is 6.43 Å². The number of anilines is 3. The Labute approximate surface area is 198 Å². The Bertz CT molecular complexity index is 1580. The molecule has 0 saturated heterocycles. The molecule has 0 unspecified atom stereocenters. The number of benzene rings is 2. The number of rotatable bonds is 5. The molecule has 2 amide bonds. The molecule has 0 atom stereocenters. The number of aromatic nitrogens is 4. The van der Waals surface area contributed by atoms with Crippen molar-refractivity contribution < 1.29 is 18.3 Å². The molecule has 0 spiro atoms. The van der Waals surface area contributed by atoms with E-state index in [1.807, 2.05) is 61.9 Å². The Morgan fingerprint density at radius 2 is 1.89 bits per heavy atom. The summed E-state index contributed by atoms with van der Waals surface area (Å²) in [6.45, 7) is -0.503. The molecule has 176 valence electrons. The summed E-state index contributed by atoms with van der Waals surface area (Å²) in [6, 6.07) is 16.2. The number of nitrogens with zero attached hydrogens (tertiary/aromatic N) is 5. The highest BCUT2D eigenvalue weighted by atomic mass is 19.3. The molecule has 8 nitrogen and oxygen atoms in total. The maximum atomic E-state index is 13.9. The van der Waals surface area contributed by atoms with Crippen LogP contribution < -0.4 is 14.5 Å². The number of aryl methyl sites for hydroxylation is 1. The number of nitrogens with one attached hydrogen (secondary N) is 1. The number of aromatic amines is 1. The summed E-state index contributed by atoms with van der Waals surface area (Å²) in [6.07, 6.45) is 1.09. The molecule has 3 aromatic heterocycles. The van der Waals surface area contributed by atoms with Crippen molar-refractivity contribution in [3.05, 3.63) is 72.6 Å². The van der Waals surface area contributed by atoms with Gasteiger partial charge in [0.05, 0.1) is 17.7 Å². The van der Waals surface area contributed by atoms with Gasteiger partial charge < -0.3 is 9.72 Å². The van der Waals surface area contributed by atoms with Gasteiger partial charge in [0.1, 0.15) is 5.82 Å². The van der Waals surface area contributed by atoms with Gasteiger partial charge in [-0.15, -0.1) is 0 Å². The highest BCUT2D eigenvalue weighted by Crippen LogP contribution is 2.38. The van der Waals surface area contributed by atoms with Crippen LogP contribution in [0.1, 0.15) is 5.56 Å². The Morgan fingerprint density at radius 1 is 1.06 bits per heavy atom. The fraction of sp³-hybridized carbons (Fsp3) is 0.160. The average Bonchev–Trinajstić information content (AvgIpc) is 3.46. The number of halogens is 2. The zero-order valence-electron chi connectivity index (χ0n) is 18.7. The SMILES string of the molecule is Cn1cc2cc(N3Cc4ccc(OCC(F)F)nc4N(c4ccc5[nH]ccc5c4)C3=O)ccc2n1. The zero-order chi connectivity index (χ0) is 24.1. The van der Waals surface area contributed by atoms with E-state index in [0.717, 1.165) is 27.4 Å². The molecule has 5 aromatic rings. The van der Waals surface area contributed by atoms with Crippen molar-refractivity contribution in [2.24, 2.45) is 7.05 Å². The van der Waals surface area contributed by atoms with Crippen molar-refractivity contribution in [2.45, 2.75) is 13.0 Å². The Morgan fingerprint density at radius 3 is 2.74 bits per heavy atom. The van der Waals surface area contributed by atoms with Crippen molar-refractivity contribution in [3.63, 3.8) is 0 Å². The molecule has 0 bridgehead atoms. The molecule has 35 heavy (non-hydrogen) atoms. The minimum absolute atomic E-state index is 0.0369. The molecule has 10 heteroatoms. The molecule has 0 fully saturated rings. The average molecular weight is 474 g/mol. The van der Waals surface area contributed by atoms with Crippen molar-refractivity contribution in [1.29, 1.82) is 0 Å². The summed E-state index contributed by atoms with van der Waals surface area (Å²) in [7, 11) is 1.85. The predicted molar refractivity (Wildman–Crippen MR) is 128 cm³/mol. The van der Waals surface area contributed by atoms with Gasteiger partial charge in [-0.05, 0) is 48.5 Å². The van der Waals surface area contributed by atoms with Crippen molar-refractivity contribution in [3.8, 4) is 5.88 Å². The maximum Gasteiger partial charge on any atom is 0.335 e. The van der Waals surface area contributed by atoms with E-state index in [0.29, 0.717) is 17.2 Å². The number of urea groups is 1. The lowest BCUT2D eigenvalue weighted by atomic mass is 10.1. The summed E-state index contributed by atoms with van der Waals surface area (Å²) in [5.74, 6) is 0.394. The van der Waals surface area contributed by atoms with Gasteiger partial charge in [0.15, 0.2) is 6.61 Å². The van der Waals surface area contributed by atoms with Crippen LogP contribution in [0.4, 0.5) is 30.8 Å². The number of alkyl halides is 2. The molecular weight excluding hydrogens is 454 g/mol. The first-order valence-corrected chi connectivity index (χ1v) is 11.0. The van der Waals surface area contributed by atoms with E-state index < -0.39 is 13.0 Å². The quantitative estimate of drug-likeness (QED) is 0.371. The predicted octanol–water partition coefficient (Wildman–Crippen LogP) is 5.37. The van der Waals surface area contributed by atoms with Crippen LogP contribution in [-0.4, -0.2) is 38.8 Å². The lowest BCUT2D eigenvalue weighted by molar-refractivity contribution is 0.0796. The summed E-state index contributed by atoms with van der Waals surface area (Å²) in [4.78, 5) is 24.6. The van der Waals surface area contributed by atoms with E-state index in [2.05, 4.69) is 15.1 Å². The number of carbonyl (C=O) groups excluding carboxylic acids is 1. The molecular formula is C25H20F2N6O2. The van der Waals surface area contributed by atoms with Gasteiger partial charge in [-0.1, -0.05) is 0 Å². The van der Waals surface area contributed by atoms with Crippen LogP contribution in [0, 0.1) is 0 Å². The summed E-state index contributed by atoms with van der Waals surface area (Å²) in [5.41, 5.74) is 3.84. The standard InChI is InChI=1S/C25H20F2N6O2/c1-31-12-17-11-18(3-6-21(17)30-31)32-13-16-2-7-23(35-14-22(26)27)29-24(16)33(25(32)34)19-4-5-20-15(10-19)8-9-28-20/h2-12,22,28H,13-14H2,1H3. The summed E-state index contributed by atoms with van der Waals surface area (Å²) in [5, 5.41) is 6.24. The highest BCUT2D eigenvalue weighted by molar-refractivity contribution is 6.11. The molecule has 0 aliphatic carbocycles. The smallest absolute Gasteiger partial charge is 0.335 e. The number of pyridine rings is 1. The Balaban J connectivity index is 1.46. The third-order valence-electron chi connectivity index (χ3n) is 5.96. The number of fused-ring (bicyclic) bond motifs is 3. The van der Waals surface area contributed by atoms with E-state index in [4.69, 9.17) is 4.74 Å². The van der Waals surface area contributed by atoms with Crippen molar-refractivity contribution >= 4 is 45.0 Å². The monoisotopic (exact) mass is 474 g/mol. The zero-order valence-corrected chi connectivity index (χ0v) is 18.7. The number of amides is 2. The van der Waals surface area contributed by atoms with Crippen molar-refractivity contribution in [1.82, 2.24) is 19.7 Å².